The number of nitrogens with zero attached hydrogens (tertiary/aromatic N) is 4. The molecule has 2 aromatic rings. The summed E-state index contributed by atoms with van der Waals surface area (Å²) in [6.07, 6.45) is 2.39. The first-order valence-corrected chi connectivity index (χ1v) is 10.6. The van der Waals surface area contributed by atoms with E-state index in [9.17, 15) is 9.59 Å². The summed E-state index contributed by atoms with van der Waals surface area (Å²) in [7, 11) is 3.22. The molecule has 2 amide bonds. The van der Waals surface area contributed by atoms with Crippen LogP contribution in [0, 0.1) is 6.92 Å². The minimum atomic E-state index is -0.160. The van der Waals surface area contributed by atoms with Crippen molar-refractivity contribution in [2.45, 2.75) is 45.2 Å². The summed E-state index contributed by atoms with van der Waals surface area (Å²) in [5.74, 6) is 2.13. The molecule has 0 aliphatic carbocycles. The van der Waals surface area contributed by atoms with Gasteiger partial charge in [-0.3, -0.25) is 14.5 Å². The maximum atomic E-state index is 12.8. The Morgan fingerprint density at radius 1 is 1.19 bits per heavy atom. The number of anilines is 1. The van der Waals surface area contributed by atoms with E-state index in [1.165, 1.54) is 0 Å². The molecule has 2 aliphatic heterocycles. The van der Waals surface area contributed by atoms with E-state index in [1.54, 1.807) is 19.1 Å². The number of likely N-dealkylation sites (tertiary alicyclic amines) is 1. The van der Waals surface area contributed by atoms with Crippen molar-refractivity contribution in [1.82, 2.24) is 14.9 Å². The number of hydrogen-bond acceptors (Lipinski definition) is 6. The Morgan fingerprint density at radius 2 is 1.97 bits per heavy atom. The van der Waals surface area contributed by atoms with E-state index >= 15 is 0 Å². The summed E-state index contributed by atoms with van der Waals surface area (Å²) < 4.78 is 10.3. The molecule has 8 nitrogen and oxygen atoms in total. The highest BCUT2D eigenvalue weighted by atomic mass is 16.5. The van der Waals surface area contributed by atoms with Crippen LogP contribution in [0.5, 0.6) is 5.75 Å². The highest BCUT2D eigenvalue weighted by Gasteiger charge is 2.36. The lowest BCUT2D eigenvalue weighted by Gasteiger charge is -2.25. The van der Waals surface area contributed by atoms with Crippen molar-refractivity contribution in [2.24, 2.45) is 0 Å². The van der Waals surface area contributed by atoms with Crippen LogP contribution in [0.3, 0.4) is 0 Å². The van der Waals surface area contributed by atoms with Gasteiger partial charge in [-0.15, -0.1) is 0 Å². The highest BCUT2D eigenvalue weighted by molar-refractivity contribution is 6.00. The number of rotatable bonds is 7. The first-order chi connectivity index (χ1) is 15.0. The molecule has 0 N–H and O–H groups in total. The fraction of sp³-hybridized carbons (Fsp3) is 0.478. The smallest absolute Gasteiger partial charge is 0.233 e. The molecule has 0 radical (unpaired) electrons. The van der Waals surface area contributed by atoms with Gasteiger partial charge >= 0.3 is 0 Å². The van der Waals surface area contributed by atoms with E-state index in [0.717, 1.165) is 35.4 Å². The van der Waals surface area contributed by atoms with Gasteiger partial charge in [-0.05, 0) is 37.5 Å². The number of hydrogen-bond donors (Lipinski definition) is 0. The molecule has 1 saturated heterocycles. The van der Waals surface area contributed by atoms with Gasteiger partial charge in [0.25, 0.3) is 0 Å². The second-order valence-corrected chi connectivity index (χ2v) is 7.96. The topological polar surface area (TPSA) is 84.9 Å². The molecule has 0 saturated carbocycles. The molecular formula is C23H28N4O4. The van der Waals surface area contributed by atoms with Crippen LogP contribution in [0.1, 0.15) is 47.9 Å². The van der Waals surface area contributed by atoms with Crippen LogP contribution >= 0.6 is 0 Å². The molecule has 31 heavy (non-hydrogen) atoms. The van der Waals surface area contributed by atoms with Crippen molar-refractivity contribution < 1.29 is 19.1 Å². The molecule has 164 valence electrons. The third-order valence-corrected chi connectivity index (χ3v) is 5.99. The van der Waals surface area contributed by atoms with Gasteiger partial charge in [0.2, 0.25) is 11.8 Å². The van der Waals surface area contributed by atoms with Crippen LogP contribution in [0.2, 0.25) is 0 Å². The third-order valence-electron chi connectivity index (χ3n) is 5.99. The number of carbonyl (C=O) groups is 2. The fourth-order valence-electron chi connectivity index (χ4n) is 4.29. The number of aromatic nitrogens is 2. The Hall–Kier alpha value is -3.00. The molecule has 0 unspecified atom stereocenters. The summed E-state index contributed by atoms with van der Waals surface area (Å²) >= 11 is 0. The second-order valence-electron chi connectivity index (χ2n) is 7.96. The molecule has 1 aromatic heterocycles. The summed E-state index contributed by atoms with van der Waals surface area (Å²) in [4.78, 5) is 38.5. The van der Waals surface area contributed by atoms with Crippen molar-refractivity contribution >= 4 is 17.6 Å². The van der Waals surface area contributed by atoms with Crippen LogP contribution in [0.15, 0.2) is 24.3 Å². The van der Waals surface area contributed by atoms with Crippen LogP contribution in [0.4, 0.5) is 5.82 Å². The molecule has 2 aliphatic rings. The molecule has 1 fully saturated rings. The fourth-order valence-corrected chi connectivity index (χ4v) is 4.29. The van der Waals surface area contributed by atoms with Crippen molar-refractivity contribution in [3.63, 3.8) is 0 Å². The number of benzene rings is 1. The van der Waals surface area contributed by atoms with Gasteiger partial charge < -0.3 is 14.4 Å². The molecule has 3 heterocycles. The van der Waals surface area contributed by atoms with Crippen molar-refractivity contribution in [1.29, 1.82) is 0 Å². The monoisotopic (exact) mass is 424 g/mol. The van der Waals surface area contributed by atoms with E-state index in [2.05, 4.69) is 0 Å². The SMILES string of the molecule is COCCC(=O)N1CCC[C@@H]1c1nc(C)c2c(n1)N(Cc1ccc(OC)cc1)C(=O)C2. The molecule has 1 aromatic carbocycles. The van der Waals surface area contributed by atoms with Gasteiger partial charge in [0.15, 0.2) is 5.82 Å². The Labute approximate surface area is 182 Å². The van der Waals surface area contributed by atoms with Crippen LogP contribution in [-0.4, -0.2) is 54.1 Å². The Bertz CT molecular complexity index is 976. The van der Waals surface area contributed by atoms with Crippen molar-refractivity contribution in [2.75, 3.05) is 32.3 Å². The number of carbonyl (C=O) groups excluding carboxylic acids is 2. The van der Waals surface area contributed by atoms with Crippen molar-refractivity contribution in [3.8, 4) is 5.75 Å². The number of fused-ring (bicyclic) bond motifs is 1. The van der Waals surface area contributed by atoms with E-state index in [0.29, 0.717) is 44.2 Å². The Balaban J connectivity index is 1.61. The summed E-state index contributed by atoms with van der Waals surface area (Å²) in [6, 6.07) is 7.51. The third kappa shape index (κ3) is 4.25. The first kappa shape index (κ1) is 21.2. The number of amides is 2. The largest absolute Gasteiger partial charge is 0.497 e. The molecule has 1 atom stereocenters. The van der Waals surface area contributed by atoms with E-state index in [-0.39, 0.29) is 17.9 Å². The van der Waals surface area contributed by atoms with Gasteiger partial charge in [-0.1, -0.05) is 12.1 Å². The minimum absolute atomic E-state index is 0.0137. The zero-order valence-electron chi connectivity index (χ0n) is 18.3. The zero-order valence-corrected chi connectivity index (χ0v) is 18.3. The molecule has 4 rings (SSSR count). The molecular weight excluding hydrogens is 396 g/mol. The predicted octanol–water partition coefficient (Wildman–Crippen LogP) is 2.58. The lowest BCUT2D eigenvalue weighted by molar-refractivity contribution is -0.133. The van der Waals surface area contributed by atoms with Gasteiger partial charge in [-0.25, -0.2) is 9.97 Å². The Morgan fingerprint density at radius 3 is 2.68 bits per heavy atom. The lowest BCUT2D eigenvalue weighted by atomic mass is 10.1. The van der Waals surface area contributed by atoms with Crippen LogP contribution in [-0.2, 0) is 27.3 Å². The second kappa shape index (κ2) is 9.01. The lowest BCUT2D eigenvalue weighted by Crippen LogP contribution is -2.32. The normalized spacial score (nSPS) is 17.9. The summed E-state index contributed by atoms with van der Waals surface area (Å²) in [6.45, 7) is 3.45. The summed E-state index contributed by atoms with van der Waals surface area (Å²) in [5, 5.41) is 0. The maximum absolute atomic E-state index is 12.8. The average molecular weight is 425 g/mol. The maximum Gasteiger partial charge on any atom is 0.233 e. The minimum Gasteiger partial charge on any atom is -0.497 e. The number of ether oxygens (including phenoxy) is 2. The molecule has 0 spiro atoms. The van der Waals surface area contributed by atoms with E-state index in [1.807, 2.05) is 36.1 Å². The van der Waals surface area contributed by atoms with Crippen molar-refractivity contribution in [3.05, 3.63) is 46.9 Å². The van der Waals surface area contributed by atoms with Gasteiger partial charge in [0, 0.05) is 24.9 Å². The van der Waals surface area contributed by atoms with Gasteiger partial charge in [0.1, 0.15) is 11.6 Å². The van der Waals surface area contributed by atoms with Gasteiger partial charge in [-0.2, -0.15) is 0 Å². The zero-order chi connectivity index (χ0) is 22.0. The van der Waals surface area contributed by atoms with Crippen LogP contribution in [0.25, 0.3) is 0 Å². The summed E-state index contributed by atoms with van der Waals surface area (Å²) in [5.41, 5.74) is 2.68. The molecule has 0 bridgehead atoms. The molecule has 8 heteroatoms. The first-order valence-electron chi connectivity index (χ1n) is 10.6. The van der Waals surface area contributed by atoms with E-state index in [4.69, 9.17) is 19.4 Å². The number of methoxy groups -OCH3 is 2. The quantitative estimate of drug-likeness (QED) is 0.679. The number of aryl methyl sites for hydroxylation is 1. The Kier molecular flexibility index (Phi) is 6.18. The highest BCUT2D eigenvalue weighted by Crippen LogP contribution is 2.35. The van der Waals surface area contributed by atoms with E-state index < -0.39 is 0 Å². The average Bonchev–Trinajstić information content (AvgIpc) is 3.38. The van der Waals surface area contributed by atoms with Gasteiger partial charge in [0.05, 0.1) is 39.1 Å². The van der Waals surface area contributed by atoms with Crippen LogP contribution < -0.4 is 9.64 Å². The standard InChI is InChI=1S/C23H28N4O4/c1-15-18-13-21(29)27(14-16-6-8-17(31-3)9-7-16)23(18)25-22(24-15)19-5-4-11-26(19)20(28)10-12-30-2/h6-9,19H,4-5,10-14H2,1-3H3/t19-/m1/s1. The predicted molar refractivity (Wildman–Crippen MR) is 115 cm³/mol.